The molecule has 0 spiro atoms. The van der Waals surface area contributed by atoms with Crippen molar-refractivity contribution in [2.75, 3.05) is 18.0 Å². The summed E-state index contributed by atoms with van der Waals surface area (Å²) in [5, 5.41) is 20.6. The summed E-state index contributed by atoms with van der Waals surface area (Å²) in [4.78, 5) is 1.66. The summed E-state index contributed by atoms with van der Waals surface area (Å²) in [5.41, 5.74) is 4.28. The SMILES string of the molecule is NC(=NO)c1ccc(N2CCC(O)C2)cc1C(F)(F)F. The van der Waals surface area contributed by atoms with E-state index >= 15 is 0 Å². The van der Waals surface area contributed by atoms with E-state index < -0.39 is 23.7 Å². The predicted octanol–water partition coefficient (Wildman–Crippen LogP) is 1.37. The molecule has 8 heteroatoms. The third kappa shape index (κ3) is 2.79. The lowest BCUT2D eigenvalue weighted by atomic mass is 10.0. The number of hydrogen-bond acceptors (Lipinski definition) is 4. The van der Waals surface area contributed by atoms with Crippen molar-refractivity contribution >= 4 is 11.5 Å². The Morgan fingerprint density at radius 1 is 1.40 bits per heavy atom. The lowest BCUT2D eigenvalue weighted by Crippen LogP contribution is -2.24. The van der Waals surface area contributed by atoms with Gasteiger partial charge in [-0.15, -0.1) is 0 Å². The molecule has 1 unspecified atom stereocenters. The summed E-state index contributed by atoms with van der Waals surface area (Å²) in [5.74, 6) is -0.592. The highest BCUT2D eigenvalue weighted by molar-refractivity contribution is 5.99. The first-order valence-electron chi connectivity index (χ1n) is 5.95. The van der Waals surface area contributed by atoms with Gasteiger partial charge in [0, 0.05) is 24.3 Å². The molecular formula is C12H14F3N3O2. The number of aliphatic hydroxyl groups excluding tert-OH is 1. The molecular weight excluding hydrogens is 275 g/mol. The van der Waals surface area contributed by atoms with Crippen LogP contribution in [-0.4, -0.2) is 35.3 Å². The third-order valence-corrected chi connectivity index (χ3v) is 3.22. The van der Waals surface area contributed by atoms with Crippen LogP contribution in [0.15, 0.2) is 23.4 Å². The van der Waals surface area contributed by atoms with Crippen LogP contribution in [0.4, 0.5) is 18.9 Å². The van der Waals surface area contributed by atoms with Gasteiger partial charge in [0.1, 0.15) is 0 Å². The molecule has 1 aliphatic rings. The third-order valence-electron chi connectivity index (χ3n) is 3.22. The zero-order chi connectivity index (χ0) is 14.9. The number of β-amino-alcohol motifs (C(OH)–C–C–N with tert-alkyl or cyclic N) is 1. The molecule has 0 aromatic heterocycles. The number of rotatable bonds is 2. The Balaban J connectivity index is 2.44. The number of hydrogen-bond donors (Lipinski definition) is 3. The fourth-order valence-corrected chi connectivity index (χ4v) is 2.22. The molecule has 0 radical (unpaired) electrons. The van der Waals surface area contributed by atoms with Crippen LogP contribution in [0.1, 0.15) is 17.5 Å². The van der Waals surface area contributed by atoms with Gasteiger partial charge in [-0.05, 0) is 24.6 Å². The quantitative estimate of drug-likeness (QED) is 0.332. The zero-order valence-corrected chi connectivity index (χ0v) is 10.4. The van der Waals surface area contributed by atoms with Gasteiger partial charge in [-0.2, -0.15) is 13.2 Å². The molecule has 110 valence electrons. The standard InChI is InChI=1S/C12H14F3N3O2/c13-12(14,15)10-5-7(18-4-3-8(19)6-18)1-2-9(10)11(16)17-20/h1-2,5,8,19-20H,3-4,6H2,(H2,16,17). The van der Waals surface area contributed by atoms with Gasteiger partial charge in [0.15, 0.2) is 5.84 Å². The van der Waals surface area contributed by atoms with E-state index in [0.29, 0.717) is 25.2 Å². The number of oxime groups is 1. The highest BCUT2D eigenvalue weighted by Gasteiger charge is 2.35. The molecule has 1 aliphatic heterocycles. The molecule has 1 aromatic rings. The molecule has 0 saturated carbocycles. The average molecular weight is 289 g/mol. The Labute approximate surface area is 113 Å². The van der Waals surface area contributed by atoms with Gasteiger partial charge in [-0.25, -0.2) is 0 Å². The van der Waals surface area contributed by atoms with Gasteiger partial charge < -0.3 is 20.9 Å². The number of nitrogens with zero attached hydrogens (tertiary/aromatic N) is 2. The number of nitrogens with two attached hydrogens (primary N) is 1. The van der Waals surface area contributed by atoms with Crippen LogP contribution in [0.3, 0.4) is 0 Å². The lowest BCUT2D eigenvalue weighted by Gasteiger charge is -2.21. The van der Waals surface area contributed by atoms with Crippen LogP contribution in [-0.2, 0) is 6.18 Å². The first-order chi connectivity index (χ1) is 9.32. The highest BCUT2D eigenvalue weighted by Crippen LogP contribution is 2.35. The molecule has 4 N–H and O–H groups in total. The van der Waals surface area contributed by atoms with Gasteiger partial charge in [-0.1, -0.05) is 5.16 Å². The van der Waals surface area contributed by atoms with Gasteiger partial charge in [0.2, 0.25) is 0 Å². The molecule has 1 heterocycles. The first-order valence-corrected chi connectivity index (χ1v) is 5.95. The van der Waals surface area contributed by atoms with Crippen LogP contribution in [0, 0.1) is 0 Å². The molecule has 1 atom stereocenters. The molecule has 0 bridgehead atoms. The maximum absolute atomic E-state index is 13.0. The number of halogens is 3. The Kier molecular flexibility index (Phi) is 3.76. The first kappa shape index (κ1) is 14.4. The maximum Gasteiger partial charge on any atom is 0.417 e. The summed E-state index contributed by atoms with van der Waals surface area (Å²) in [6.45, 7) is 0.779. The zero-order valence-electron chi connectivity index (χ0n) is 10.4. The van der Waals surface area contributed by atoms with E-state index in [1.807, 2.05) is 0 Å². The van der Waals surface area contributed by atoms with E-state index in [-0.39, 0.29) is 5.56 Å². The molecule has 0 amide bonds. The van der Waals surface area contributed by atoms with E-state index in [1.54, 1.807) is 4.90 Å². The number of amidine groups is 1. The van der Waals surface area contributed by atoms with Crippen LogP contribution >= 0.6 is 0 Å². The highest BCUT2D eigenvalue weighted by atomic mass is 19.4. The normalized spacial score (nSPS) is 20.5. The molecule has 0 aliphatic carbocycles. The molecule has 20 heavy (non-hydrogen) atoms. The predicted molar refractivity (Wildman–Crippen MR) is 66.8 cm³/mol. The van der Waals surface area contributed by atoms with E-state index in [2.05, 4.69) is 5.16 Å². The van der Waals surface area contributed by atoms with Gasteiger partial charge >= 0.3 is 6.18 Å². The summed E-state index contributed by atoms with van der Waals surface area (Å²) in [7, 11) is 0. The monoisotopic (exact) mass is 289 g/mol. The summed E-state index contributed by atoms with van der Waals surface area (Å²) < 4.78 is 39.1. The Hall–Kier alpha value is -1.96. The summed E-state index contributed by atoms with van der Waals surface area (Å²) in [6, 6.07) is 3.57. The maximum atomic E-state index is 13.0. The minimum absolute atomic E-state index is 0.292. The Bertz CT molecular complexity index is 531. The van der Waals surface area contributed by atoms with Gasteiger partial charge in [0.05, 0.1) is 11.7 Å². The minimum atomic E-state index is -4.61. The van der Waals surface area contributed by atoms with Gasteiger partial charge in [-0.3, -0.25) is 0 Å². The molecule has 5 nitrogen and oxygen atoms in total. The number of anilines is 1. The Morgan fingerprint density at radius 3 is 2.60 bits per heavy atom. The topological polar surface area (TPSA) is 82.1 Å². The second-order valence-corrected chi connectivity index (χ2v) is 4.60. The largest absolute Gasteiger partial charge is 0.417 e. The van der Waals surface area contributed by atoms with Crippen molar-refractivity contribution in [3.63, 3.8) is 0 Å². The van der Waals surface area contributed by atoms with Crippen LogP contribution in [0.2, 0.25) is 0 Å². The van der Waals surface area contributed by atoms with E-state index in [4.69, 9.17) is 10.9 Å². The molecule has 2 rings (SSSR count). The van der Waals surface area contributed by atoms with Crippen molar-refractivity contribution in [1.29, 1.82) is 0 Å². The molecule has 1 aromatic carbocycles. The van der Waals surface area contributed by atoms with E-state index in [0.717, 1.165) is 12.1 Å². The van der Waals surface area contributed by atoms with E-state index in [9.17, 15) is 18.3 Å². The fraction of sp³-hybridized carbons (Fsp3) is 0.417. The number of aliphatic hydroxyl groups is 1. The molecule has 1 fully saturated rings. The van der Waals surface area contributed by atoms with E-state index in [1.165, 1.54) is 6.07 Å². The van der Waals surface area contributed by atoms with Crippen LogP contribution in [0.5, 0.6) is 0 Å². The van der Waals surface area contributed by atoms with Gasteiger partial charge in [0.25, 0.3) is 0 Å². The van der Waals surface area contributed by atoms with Crippen LogP contribution < -0.4 is 10.6 Å². The summed E-state index contributed by atoms with van der Waals surface area (Å²) >= 11 is 0. The second kappa shape index (κ2) is 5.20. The fourth-order valence-electron chi connectivity index (χ4n) is 2.22. The average Bonchev–Trinajstić information content (AvgIpc) is 2.83. The van der Waals surface area contributed by atoms with Crippen molar-refractivity contribution in [2.24, 2.45) is 10.9 Å². The summed E-state index contributed by atoms with van der Waals surface area (Å²) in [6.07, 6.45) is -4.63. The number of alkyl halides is 3. The van der Waals surface area contributed by atoms with Crippen molar-refractivity contribution < 1.29 is 23.5 Å². The van der Waals surface area contributed by atoms with Crippen molar-refractivity contribution in [1.82, 2.24) is 0 Å². The van der Waals surface area contributed by atoms with Crippen molar-refractivity contribution in [3.8, 4) is 0 Å². The molecule has 1 saturated heterocycles. The minimum Gasteiger partial charge on any atom is -0.409 e. The Morgan fingerprint density at radius 2 is 2.10 bits per heavy atom. The van der Waals surface area contributed by atoms with Crippen LogP contribution in [0.25, 0.3) is 0 Å². The van der Waals surface area contributed by atoms with Crippen molar-refractivity contribution in [3.05, 3.63) is 29.3 Å². The smallest absolute Gasteiger partial charge is 0.409 e. The van der Waals surface area contributed by atoms with Crippen molar-refractivity contribution in [2.45, 2.75) is 18.7 Å². The second-order valence-electron chi connectivity index (χ2n) is 4.60. The lowest BCUT2D eigenvalue weighted by molar-refractivity contribution is -0.137. The number of benzene rings is 1.